The number of fused-ring (bicyclic) bond motifs is 1. The first-order chi connectivity index (χ1) is 10.2. The Morgan fingerprint density at radius 2 is 2.29 bits per heavy atom. The largest absolute Gasteiger partial charge is 0.387 e. The average Bonchev–Trinajstić information content (AvgIpc) is 3.11. The molecule has 0 bridgehead atoms. The van der Waals surface area contributed by atoms with Gasteiger partial charge in [0.1, 0.15) is 24.4 Å². The van der Waals surface area contributed by atoms with Gasteiger partial charge in [0, 0.05) is 0 Å². The Balaban J connectivity index is 1.69. The normalized spacial score (nSPS) is 23.7. The Labute approximate surface area is 121 Å². The van der Waals surface area contributed by atoms with Crippen molar-refractivity contribution in [2.45, 2.75) is 25.2 Å². The first-order valence-corrected chi connectivity index (χ1v) is 7.87. The lowest BCUT2D eigenvalue weighted by Gasteiger charge is -2.16. The van der Waals surface area contributed by atoms with Gasteiger partial charge in [-0.15, -0.1) is 0 Å². The van der Waals surface area contributed by atoms with E-state index in [-0.39, 0.29) is 25.3 Å². The highest BCUT2D eigenvalue weighted by Gasteiger charge is 2.29. The highest BCUT2D eigenvalue weighted by atomic mass is 31.2. The lowest BCUT2D eigenvalue weighted by Crippen LogP contribution is -2.15. The van der Waals surface area contributed by atoms with Crippen LogP contribution in [0.5, 0.6) is 0 Å². The molecular weight excluding hydrogens is 297 g/mol. The molecule has 0 saturated carbocycles. The number of hydrogen-bond acceptors (Lipinski definition) is 8. The number of hydrogen-bond donors (Lipinski definition) is 3. The third kappa shape index (κ3) is 2.97. The first kappa shape index (κ1) is 14.6. The quantitative estimate of drug-likeness (QED) is 0.675. The molecule has 0 amide bonds. The Morgan fingerprint density at radius 1 is 1.43 bits per heavy atom. The molecule has 1 aliphatic rings. The summed E-state index contributed by atoms with van der Waals surface area (Å²) in [6.07, 6.45) is 3.91. The number of nitrogens with zero attached hydrogens (tertiary/aromatic N) is 4. The predicted molar refractivity (Wildman–Crippen MR) is 75.1 cm³/mol. The van der Waals surface area contributed by atoms with E-state index >= 15 is 0 Å². The zero-order valence-corrected chi connectivity index (χ0v) is 12.1. The zero-order chi connectivity index (χ0) is 14.8. The van der Waals surface area contributed by atoms with Gasteiger partial charge in [0.2, 0.25) is 0 Å². The summed E-state index contributed by atoms with van der Waals surface area (Å²) < 4.78 is 12.8. The van der Waals surface area contributed by atoms with Crippen LogP contribution >= 0.6 is 8.38 Å². The summed E-state index contributed by atoms with van der Waals surface area (Å²) in [6.45, 7) is 0.253. The second-order valence-corrected chi connectivity index (χ2v) is 5.91. The molecule has 3 rings (SSSR count). The van der Waals surface area contributed by atoms with Crippen LogP contribution in [0.1, 0.15) is 19.1 Å². The second kappa shape index (κ2) is 6.17. The number of aliphatic hydroxyl groups is 1. The first-order valence-electron chi connectivity index (χ1n) is 6.47. The molecule has 2 aromatic rings. The van der Waals surface area contributed by atoms with E-state index in [1.807, 2.05) is 4.57 Å². The second-order valence-electron chi connectivity index (χ2n) is 4.66. The van der Waals surface area contributed by atoms with Gasteiger partial charge in [0.15, 0.2) is 19.8 Å². The summed E-state index contributed by atoms with van der Waals surface area (Å²) >= 11 is 0. The van der Waals surface area contributed by atoms with Gasteiger partial charge in [-0.1, -0.05) is 0 Å². The monoisotopic (exact) mass is 313 g/mol. The predicted octanol–water partition coefficient (Wildman–Crippen LogP) is 0.357. The van der Waals surface area contributed by atoms with Crippen molar-refractivity contribution in [1.29, 1.82) is 0 Å². The molecule has 2 aromatic heterocycles. The van der Waals surface area contributed by atoms with Gasteiger partial charge in [-0.25, -0.2) is 15.0 Å². The zero-order valence-electron chi connectivity index (χ0n) is 11.2. The van der Waals surface area contributed by atoms with E-state index in [1.165, 1.54) is 6.33 Å². The minimum Gasteiger partial charge on any atom is -0.387 e. The minimum atomic E-state index is -1.77. The smallest absolute Gasteiger partial charge is 0.195 e. The molecule has 1 aliphatic heterocycles. The number of nitrogen functional groups attached to an aromatic ring is 1. The van der Waals surface area contributed by atoms with Gasteiger partial charge in [0.25, 0.3) is 0 Å². The molecule has 0 radical (unpaired) electrons. The van der Waals surface area contributed by atoms with Gasteiger partial charge < -0.3 is 25.0 Å². The lowest BCUT2D eigenvalue weighted by atomic mass is 10.2. The molecule has 3 atom stereocenters. The molecule has 1 fully saturated rings. The SMILES string of the molecule is Nc1ncnc2c1ncn2C1CCC(COP(O)CO)O1. The van der Waals surface area contributed by atoms with Gasteiger partial charge >= 0.3 is 0 Å². The Kier molecular flexibility index (Phi) is 4.27. The van der Waals surface area contributed by atoms with E-state index in [9.17, 15) is 4.89 Å². The van der Waals surface area contributed by atoms with E-state index in [0.29, 0.717) is 17.0 Å². The summed E-state index contributed by atoms with van der Waals surface area (Å²) in [6, 6.07) is 0. The van der Waals surface area contributed by atoms with Gasteiger partial charge in [-0.3, -0.25) is 4.57 Å². The number of anilines is 1. The Bertz CT molecular complexity index is 624. The third-order valence-electron chi connectivity index (χ3n) is 3.31. The fraction of sp³-hybridized carbons (Fsp3) is 0.545. The molecular formula is C11H16N5O4P. The molecule has 3 unspecified atom stereocenters. The van der Waals surface area contributed by atoms with Gasteiger partial charge in [0.05, 0.1) is 19.0 Å². The fourth-order valence-corrected chi connectivity index (χ4v) is 2.72. The Morgan fingerprint density at radius 3 is 3.10 bits per heavy atom. The van der Waals surface area contributed by atoms with Crippen molar-refractivity contribution >= 4 is 25.4 Å². The average molecular weight is 313 g/mol. The molecule has 0 aromatic carbocycles. The van der Waals surface area contributed by atoms with E-state index in [2.05, 4.69) is 15.0 Å². The standard InChI is InChI=1S/C11H16N5O4P/c12-10-9-11(14-4-13-10)16(5-15-9)8-2-1-7(20-8)3-19-21(18)6-17/h4-5,7-8,17-18H,1-3,6H2,(H2,12,13,14). The topological polar surface area (TPSA) is 129 Å². The maximum Gasteiger partial charge on any atom is 0.195 e. The number of imidazole rings is 1. The third-order valence-corrected chi connectivity index (χ3v) is 4.00. The summed E-state index contributed by atoms with van der Waals surface area (Å²) in [4.78, 5) is 21.5. The van der Waals surface area contributed by atoms with E-state index in [0.717, 1.165) is 12.8 Å². The van der Waals surface area contributed by atoms with Gasteiger partial charge in [-0.05, 0) is 12.8 Å². The minimum absolute atomic E-state index is 0.129. The number of nitrogens with two attached hydrogens (primary N) is 1. The van der Waals surface area contributed by atoms with Crippen molar-refractivity contribution in [3.05, 3.63) is 12.7 Å². The molecule has 21 heavy (non-hydrogen) atoms. The van der Waals surface area contributed by atoms with Crippen molar-refractivity contribution in [2.24, 2.45) is 0 Å². The van der Waals surface area contributed by atoms with Crippen molar-refractivity contribution < 1.29 is 19.3 Å². The van der Waals surface area contributed by atoms with E-state index < -0.39 is 8.38 Å². The molecule has 10 heteroatoms. The highest BCUT2D eigenvalue weighted by Crippen LogP contribution is 2.34. The number of aliphatic hydroxyl groups excluding tert-OH is 1. The molecule has 0 aliphatic carbocycles. The van der Waals surface area contributed by atoms with E-state index in [4.69, 9.17) is 20.1 Å². The molecule has 3 heterocycles. The maximum atomic E-state index is 9.23. The lowest BCUT2D eigenvalue weighted by molar-refractivity contribution is -0.0160. The van der Waals surface area contributed by atoms with Crippen LogP contribution in [-0.2, 0) is 9.26 Å². The van der Waals surface area contributed by atoms with Crippen LogP contribution in [-0.4, -0.2) is 48.6 Å². The number of ether oxygens (including phenoxy) is 1. The summed E-state index contributed by atoms with van der Waals surface area (Å²) in [5.74, 6) is 0.338. The molecule has 114 valence electrons. The summed E-state index contributed by atoms with van der Waals surface area (Å²) in [5.41, 5.74) is 6.94. The molecule has 0 spiro atoms. The van der Waals surface area contributed by atoms with Crippen molar-refractivity contribution in [1.82, 2.24) is 19.5 Å². The summed E-state index contributed by atoms with van der Waals surface area (Å²) in [5, 5.41) is 8.73. The maximum absolute atomic E-state index is 9.23. The van der Waals surface area contributed by atoms with Crippen LogP contribution in [0.25, 0.3) is 11.2 Å². The number of aromatic nitrogens is 4. The van der Waals surface area contributed by atoms with Crippen LogP contribution in [0, 0.1) is 0 Å². The van der Waals surface area contributed by atoms with Crippen LogP contribution in [0.2, 0.25) is 0 Å². The van der Waals surface area contributed by atoms with E-state index in [1.54, 1.807) is 6.33 Å². The van der Waals surface area contributed by atoms with Gasteiger partial charge in [-0.2, -0.15) is 0 Å². The van der Waals surface area contributed by atoms with Crippen molar-refractivity contribution in [3.8, 4) is 0 Å². The van der Waals surface area contributed by atoms with Crippen LogP contribution in [0.4, 0.5) is 5.82 Å². The molecule has 4 N–H and O–H groups in total. The summed E-state index contributed by atoms with van der Waals surface area (Å²) in [7, 11) is -1.77. The number of rotatable bonds is 5. The van der Waals surface area contributed by atoms with Crippen LogP contribution < -0.4 is 5.73 Å². The van der Waals surface area contributed by atoms with Crippen LogP contribution in [0.15, 0.2) is 12.7 Å². The van der Waals surface area contributed by atoms with Crippen molar-refractivity contribution in [2.75, 3.05) is 18.7 Å². The van der Waals surface area contributed by atoms with Crippen molar-refractivity contribution in [3.63, 3.8) is 0 Å². The molecule has 1 saturated heterocycles. The molecule has 9 nitrogen and oxygen atoms in total. The fourth-order valence-electron chi connectivity index (χ4n) is 2.30. The Hall–Kier alpha value is -1.38. The highest BCUT2D eigenvalue weighted by molar-refractivity contribution is 7.45. The van der Waals surface area contributed by atoms with Crippen LogP contribution in [0.3, 0.4) is 0 Å².